The number of nitrogens with zero attached hydrogens (tertiary/aromatic N) is 2. The number of amides is 1. The molecule has 0 unspecified atom stereocenters. The monoisotopic (exact) mass is 339 g/mol. The third kappa shape index (κ3) is 4.84. The highest BCUT2D eigenvalue weighted by Gasteiger charge is 2.03. The zero-order chi connectivity index (χ0) is 17.6. The van der Waals surface area contributed by atoms with Crippen LogP contribution in [0.1, 0.15) is 11.1 Å². The second-order valence-corrected chi connectivity index (χ2v) is 5.43. The van der Waals surface area contributed by atoms with Gasteiger partial charge in [-0.2, -0.15) is 5.10 Å². The minimum atomic E-state index is -0.327. The largest absolute Gasteiger partial charge is 0.320 e. The Morgan fingerprint density at radius 2 is 1.92 bits per heavy atom. The number of aromatic nitrogens is 2. The molecule has 0 bridgehead atoms. The highest BCUT2D eigenvalue weighted by Crippen LogP contribution is 2.10. The van der Waals surface area contributed by atoms with Crippen LogP contribution in [-0.2, 0) is 11.3 Å². The molecule has 126 valence electrons. The smallest absolute Gasteiger partial charge is 0.248 e. The molecule has 0 aliphatic carbocycles. The van der Waals surface area contributed by atoms with E-state index in [0.717, 1.165) is 11.1 Å². The van der Waals surface area contributed by atoms with Crippen molar-refractivity contribution >= 4 is 17.7 Å². The summed E-state index contributed by atoms with van der Waals surface area (Å²) < 4.78 is 27.6. The van der Waals surface area contributed by atoms with Crippen LogP contribution in [0, 0.1) is 11.6 Å². The fourth-order valence-electron chi connectivity index (χ4n) is 2.27. The number of hydrogen-bond donors (Lipinski definition) is 1. The number of benzene rings is 2. The van der Waals surface area contributed by atoms with Gasteiger partial charge in [0.1, 0.15) is 11.6 Å². The van der Waals surface area contributed by atoms with Crippen molar-refractivity contribution in [1.29, 1.82) is 0 Å². The molecule has 1 aromatic heterocycles. The summed E-state index contributed by atoms with van der Waals surface area (Å²) >= 11 is 0. The molecule has 0 radical (unpaired) electrons. The minimum Gasteiger partial charge on any atom is -0.320 e. The van der Waals surface area contributed by atoms with Crippen LogP contribution >= 0.6 is 0 Å². The highest BCUT2D eigenvalue weighted by atomic mass is 19.1. The number of anilines is 1. The summed E-state index contributed by atoms with van der Waals surface area (Å²) in [7, 11) is 0. The molecule has 3 aromatic rings. The Morgan fingerprint density at radius 1 is 1.12 bits per heavy atom. The molecule has 3 rings (SSSR count). The third-order valence-corrected chi connectivity index (χ3v) is 3.43. The Morgan fingerprint density at radius 3 is 2.68 bits per heavy atom. The zero-order valence-electron chi connectivity index (χ0n) is 13.2. The van der Waals surface area contributed by atoms with Gasteiger partial charge >= 0.3 is 0 Å². The molecule has 1 amide bonds. The van der Waals surface area contributed by atoms with Gasteiger partial charge in [0.05, 0.1) is 18.4 Å². The molecule has 4 nitrogen and oxygen atoms in total. The van der Waals surface area contributed by atoms with Gasteiger partial charge in [0, 0.05) is 12.3 Å². The van der Waals surface area contributed by atoms with E-state index in [1.807, 2.05) is 0 Å². The lowest BCUT2D eigenvalue weighted by Gasteiger charge is -2.01. The maximum atomic E-state index is 13.2. The molecule has 0 saturated heterocycles. The van der Waals surface area contributed by atoms with E-state index in [2.05, 4.69) is 10.4 Å². The number of halogens is 2. The maximum Gasteiger partial charge on any atom is 0.248 e. The van der Waals surface area contributed by atoms with Crippen molar-refractivity contribution in [2.24, 2.45) is 0 Å². The molecule has 25 heavy (non-hydrogen) atoms. The quantitative estimate of drug-likeness (QED) is 0.718. The summed E-state index contributed by atoms with van der Waals surface area (Å²) in [5.74, 6) is -0.953. The molecule has 0 fully saturated rings. The summed E-state index contributed by atoms with van der Waals surface area (Å²) in [5.41, 5.74) is 2.03. The molecule has 0 spiro atoms. The Balaban J connectivity index is 1.59. The molecular formula is C19H15F2N3O. The molecule has 1 N–H and O–H groups in total. The van der Waals surface area contributed by atoms with Crippen molar-refractivity contribution in [3.05, 3.63) is 89.8 Å². The van der Waals surface area contributed by atoms with Gasteiger partial charge < -0.3 is 5.32 Å². The first-order chi connectivity index (χ1) is 12.1. The average molecular weight is 339 g/mol. The summed E-state index contributed by atoms with van der Waals surface area (Å²) in [6.07, 6.45) is 6.13. The number of carbonyl (C=O) groups excluding carboxylic acids is 1. The van der Waals surface area contributed by atoms with E-state index in [9.17, 15) is 13.6 Å². The summed E-state index contributed by atoms with van der Waals surface area (Å²) in [6.45, 7) is 0.402. The van der Waals surface area contributed by atoms with Gasteiger partial charge in [0.2, 0.25) is 5.91 Å². The van der Waals surface area contributed by atoms with E-state index in [1.54, 1.807) is 41.2 Å². The Labute approximate surface area is 143 Å². The highest BCUT2D eigenvalue weighted by molar-refractivity contribution is 6.01. The Bertz CT molecular complexity index is 901. The van der Waals surface area contributed by atoms with Crippen LogP contribution in [-0.4, -0.2) is 15.7 Å². The number of carbonyl (C=O) groups is 1. The van der Waals surface area contributed by atoms with Crippen LogP contribution in [0.4, 0.5) is 14.5 Å². The fraction of sp³-hybridized carbons (Fsp3) is 0.0526. The van der Waals surface area contributed by atoms with Crippen molar-refractivity contribution < 1.29 is 13.6 Å². The minimum absolute atomic E-state index is 0.302. The third-order valence-electron chi connectivity index (χ3n) is 3.43. The van der Waals surface area contributed by atoms with E-state index in [0.29, 0.717) is 12.2 Å². The predicted octanol–water partition coefficient (Wildman–Crippen LogP) is 3.86. The van der Waals surface area contributed by atoms with Gasteiger partial charge in [-0.05, 0) is 41.5 Å². The van der Waals surface area contributed by atoms with Crippen molar-refractivity contribution in [3.63, 3.8) is 0 Å². The van der Waals surface area contributed by atoms with Gasteiger partial charge in [-0.25, -0.2) is 8.78 Å². The lowest BCUT2D eigenvalue weighted by molar-refractivity contribution is -0.111. The Kier molecular flexibility index (Phi) is 4.99. The van der Waals surface area contributed by atoms with Crippen LogP contribution in [0.25, 0.3) is 6.08 Å². The second kappa shape index (κ2) is 7.53. The summed E-state index contributed by atoms with van der Waals surface area (Å²) in [5, 5.41) is 6.82. The number of nitrogens with one attached hydrogen (secondary N) is 1. The first kappa shape index (κ1) is 16.6. The fourth-order valence-corrected chi connectivity index (χ4v) is 2.27. The van der Waals surface area contributed by atoms with Crippen LogP contribution in [0.3, 0.4) is 0 Å². The van der Waals surface area contributed by atoms with E-state index < -0.39 is 0 Å². The molecule has 6 heteroatoms. The van der Waals surface area contributed by atoms with Crippen molar-refractivity contribution in [3.8, 4) is 0 Å². The predicted molar refractivity (Wildman–Crippen MR) is 91.8 cm³/mol. The molecule has 0 aliphatic heterocycles. The van der Waals surface area contributed by atoms with E-state index in [-0.39, 0.29) is 17.5 Å². The lowest BCUT2D eigenvalue weighted by atomic mass is 10.2. The van der Waals surface area contributed by atoms with Crippen LogP contribution in [0.15, 0.2) is 67.0 Å². The molecule has 1 heterocycles. The standard InChI is InChI=1S/C19H15F2N3O/c20-16-7-4-14(5-8-16)6-9-19(25)23-18-11-22-24(13-18)12-15-2-1-3-17(21)10-15/h1-11,13H,12H2,(H,23,25)/b9-6+. The first-order valence-corrected chi connectivity index (χ1v) is 7.60. The molecular weight excluding hydrogens is 324 g/mol. The topological polar surface area (TPSA) is 46.9 Å². The van der Waals surface area contributed by atoms with E-state index in [1.165, 1.54) is 36.5 Å². The molecule has 0 aliphatic rings. The first-order valence-electron chi connectivity index (χ1n) is 7.60. The second-order valence-electron chi connectivity index (χ2n) is 5.43. The van der Waals surface area contributed by atoms with Gasteiger partial charge in [-0.1, -0.05) is 24.3 Å². The van der Waals surface area contributed by atoms with Crippen LogP contribution in [0.5, 0.6) is 0 Å². The average Bonchev–Trinajstić information content (AvgIpc) is 3.01. The van der Waals surface area contributed by atoms with Gasteiger partial charge in [-0.15, -0.1) is 0 Å². The van der Waals surface area contributed by atoms with Crippen LogP contribution in [0.2, 0.25) is 0 Å². The Hall–Kier alpha value is -3.28. The lowest BCUT2D eigenvalue weighted by Crippen LogP contribution is -2.07. The van der Waals surface area contributed by atoms with Crippen molar-refractivity contribution in [2.45, 2.75) is 6.54 Å². The number of hydrogen-bond acceptors (Lipinski definition) is 2. The van der Waals surface area contributed by atoms with Gasteiger partial charge in [0.15, 0.2) is 0 Å². The van der Waals surface area contributed by atoms with Gasteiger partial charge in [0.25, 0.3) is 0 Å². The molecule has 0 atom stereocenters. The summed E-state index contributed by atoms with van der Waals surface area (Å²) in [6, 6.07) is 12.1. The van der Waals surface area contributed by atoms with E-state index in [4.69, 9.17) is 0 Å². The summed E-state index contributed by atoms with van der Waals surface area (Å²) in [4.78, 5) is 11.9. The normalized spacial score (nSPS) is 11.0. The van der Waals surface area contributed by atoms with Crippen LogP contribution < -0.4 is 5.32 Å². The number of rotatable bonds is 5. The van der Waals surface area contributed by atoms with Crippen molar-refractivity contribution in [2.75, 3.05) is 5.32 Å². The maximum absolute atomic E-state index is 13.2. The molecule has 0 saturated carbocycles. The zero-order valence-corrected chi connectivity index (χ0v) is 13.2. The SMILES string of the molecule is O=C(/C=C/c1ccc(F)cc1)Nc1cnn(Cc2cccc(F)c2)c1. The van der Waals surface area contributed by atoms with E-state index >= 15 is 0 Å². The molecule has 2 aromatic carbocycles. The van der Waals surface area contributed by atoms with Gasteiger partial charge in [-0.3, -0.25) is 9.48 Å². The van der Waals surface area contributed by atoms with Crippen molar-refractivity contribution in [1.82, 2.24) is 9.78 Å².